The minimum absolute atomic E-state index is 0.0334. The molecule has 2 N–H and O–H groups in total. The molecule has 0 saturated heterocycles. The maximum atomic E-state index is 11.6. The van der Waals surface area contributed by atoms with Crippen LogP contribution < -0.4 is 4.72 Å². The molecule has 6 nitrogen and oxygen atoms in total. The number of nitrogens with one attached hydrogen (secondary N) is 1. The molecule has 1 aliphatic carbocycles. The number of aryl methyl sites for hydroxylation is 1. The van der Waals surface area contributed by atoms with Crippen molar-refractivity contribution in [3.63, 3.8) is 0 Å². The molecule has 1 atom stereocenters. The number of phenolic OH excluding ortho intramolecular Hbond substituents is 1. The summed E-state index contributed by atoms with van der Waals surface area (Å²) in [6.45, 7) is 2.93. The Labute approximate surface area is 136 Å². The van der Waals surface area contributed by atoms with Crippen molar-refractivity contribution >= 4 is 15.7 Å². The Balaban J connectivity index is 2.07. The molecule has 0 aliphatic heterocycles. The molecule has 7 heteroatoms. The summed E-state index contributed by atoms with van der Waals surface area (Å²) in [5.74, 6) is 0.0983. The summed E-state index contributed by atoms with van der Waals surface area (Å²) in [4.78, 5) is 4.50. The molecule has 1 heterocycles. The molecule has 1 aromatic heterocycles. The third-order valence-electron chi connectivity index (χ3n) is 4.28. The molecule has 0 fully saturated rings. The van der Waals surface area contributed by atoms with Gasteiger partial charge in [-0.25, -0.2) is 13.4 Å². The number of anilines is 1. The number of rotatable bonds is 4. The first-order valence-corrected chi connectivity index (χ1v) is 9.62. The number of imidazole rings is 1. The van der Waals surface area contributed by atoms with Crippen LogP contribution in [0.3, 0.4) is 0 Å². The van der Waals surface area contributed by atoms with E-state index < -0.39 is 10.0 Å². The molecule has 124 valence electrons. The van der Waals surface area contributed by atoms with Crippen molar-refractivity contribution in [3.8, 4) is 5.75 Å². The molecule has 2 aromatic rings. The number of hydrogen-bond acceptors (Lipinski definition) is 4. The molecule has 1 unspecified atom stereocenters. The molecule has 1 aliphatic rings. The van der Waals surface area contributed by atoms with E-state index in [0.717, 1.165) is 48.9 Å². The first-order valence-electron chi connectivity index (χ1n) is 7.73. The molecule has 23 heavy (non-hydrogen) atoms. The van der Waals surface area contributed by atoms with Crippen LogP contribution in [-0.2, 0) is 23.0 Å². The summed E-state index contributed by atoms with van der Waals surface area (Å²) in [7, 11) is -3.44. The molecule has 3 rings (SSSR count). The van der Waals surface area contributed by atoms with Gasteiger partial charge in [0.25, 0.3) is 0 Å². The Bertz CT molecular complexity index is 827. The zero-order chi connectivity index (χ0) is 16.6. The lowest BCUT2D eigenvalue weighted by Crippen LogP contribution is -2.17. The van der Waals surface area contributed by atoms with Gasteiger partial charge in [0.2, 0.25) is 10.0 Å². The molecule has 0 bridgehead atoms. The van der Waals surface area contributed by atoms with Crippen molar-refractivity contribution in [2.24, 2.45) is 0 Å². The number of fused-ring (bicyclic) bond motifs is 1. The maximum absolute atomic E-state index is 11.6. The van der Waals surface area contributed by atoms with Gasteiger partial charge in [-0.05, 0) is 43.4 Å². The highest BCUT2D eigenvalue weighted by atomic mass is 32.2. The molecule has 0 spiro atoms. The third kappa shape index (κ3) is 3.19. The quantitative estimate of drug-likeness (QED) is 0.841. The minimum Gasteiger partial charge on any atom is -0.506 e. The highest BCUT2D eigenvalue weighted by Gasteiger charge is 2.27. The van der Waals surface area contributed by atoms with E-state index in [0.29, 0.717) is 5.69 Å². The Morgan fingerprint density at radius 1 is 1.43 bits per heavy atom. The van der Waals surface area contributed by atoms with Crippen molar-refractivity contribution in [3.05, 3.63) is 41.5 Å². The van der Waals surface area contributed by atoms with E-state index in [1.165, 1.54) is 0 Å². The van der Waals surface area contributed by atoms with Crippen molar-refractivity contribution in [2.75, 3.05) is 11.0 Å². The predicted molar refractivity (Wildman–Crippen MR) is 89.3 cm³/mol. The van der Waals surface area contributed by atoms with Crippen LogP contribution in [0.4, 0.5) is 5.69 Å². The third-order valence-corrected chi connectivity index (χ3v) is 4.86. The van der Waals surface area contributed by atoms with Gasteiger partial charge in [0.15, 0.2) is 0 Å². The molecule has 0 saturated carbocycles. The van der Waals surface area contributed by atoms with Gasteiger partial charge in [-0.1, -0.05) is 6.07 Å². The van der Waals surface area contributed by atoms with Crippen LogP contribution in [0, 0.1) is 0 Å². The number of benzene rings is 1. The van der Waals surface area contributed by atoms with E-state index in [2.05, 4.69) is 16.6 Å². The van der Waals surface area contributed by atoms with E-state index in [-0.39, 0.29) is 11.7 Å². The molecular weight excluding hydrogens is 314 g/mol. The van der Waals surface area contributed by atoms with Gasteiger partial charge in [-0.2, -0.15) is 0 Å². The fourth-order valence-electron chi connectivity index (χ4n) is 3.22. The van der Waals surface area contributed by atoms with Gasteiger partial charge in [0, 0.05) is 18.7 Å². The summed E-state index contributed by atoms with van der Waals surface area (Å²) in [6.07, 6.45) is 7.59. The lowest BCUT2D eigenvalue weighted by molar-refractivity contribution is 0.475. The first kappa shape index (κ1) is 15.9. The number of nitrogens with zero attached hydrogens (tertiary/aromatic N) is 2. The monoisotopic (exact) mass is 335 g/mol. The van der Waals surface area contributed by atoms with Gasteiger partial charge < -0.3 is 9.67 Å². The summed E-state index contributed by atoms with van der Waals surface area (Å²) in [5.41, 5.74) is 3.22. The Hall–Kier alpha value is -2.02. The number of sulfonamides is 1. The fourth-order valence-corrected chi connectivity index (χ4v) is 3.82. The van der Waals surface area contributed by atoms with E-state index in [9.17, 15) is 13.5 Å². The maximum Gasteiger partial charge on any atom is 0.229 e. The normalized spacial score (nSPS) is 17.7. The first-order chi connectivity index (χ1) is 10.9. The molecule has 1 aromatic carbocycles. The zero-order valence-electron chi connectivity index (χ0n) is 13.3. The highest BCUT2D eigenvalue weighted by Crippen LogP contribution is 2.42. The smallest absolute Gasteiger partial charge is 0.229 e. The van der Waals surface area contributed by atoms with Crippen LogP contribution in [0.1, 0.15) is 42.5 Å². The standard InChI is InChI=1S/C16H21N3O3S/c1-3-19-9-14(17-10-19)12-5-4-6-13-11(12)7-8-15(20)16(13)18-23(2,21)22/h7-10,12,18,20H,3-6H2,1-2H3. The Morgan fingerprint density at radius 2 is 2.22 bits per heavy atom. The van der Waals surface area contributed by atoms with Crippen LogP contribution in [0.25, 0.3) is 0 Å². The summed E-state index contributed by atoms with van der Waals surface area (Å²) >= 11 is 0. The van der Waals surface area contributed by atoms with E-state index >= 15 is 0 Å². The van der Waals surface area contributed by atoms with E-state index in [1.807, 2.05) is 23.2 Å². The summed E-state index contributed by atoms with van der Waals surface area (Å²) < 4.78 is 27.7. The molecule has 0 amide bonds. The number of aromatic nitrogens is 2. The van der Waals surface area contributed by atoms with Crippen molar-refractivity contribution < 1.29 is 13.5 Å². The molecular formula is C16H21N3O3S. The average Bonchev–Trinajstić information content (AvgIpc) is 2.97. The zero-order valence-corrected chi connectivity index (χ0v) is 14.1. The fraction of sp³-hybridized carbons (Fsp3) is 0.438. The average molecular weight is 335 g/mol. The van der Waals surface area contributed by atoms with Gasteiger partial charge >= 0.3 is 0 Å². The lowest BCUT2D eigenvalue weighted by atomic mass is 9.80. The second-order valence-electron chi connectivity index (χ2n) is 5.98. The van der Waals surface area contributed by atoms with Crippen molar-refractivity contribution in [1.82, 2.24) is 9.55 Å². The number of aromatic hydroxyl groups is 1. The second kappa shape index (κ2) is 5.88. The summed E-state index contributed by atoms with van der Waals surface area (Å²) in [6, 6.07) is 3.44. The van der Waals surface area contributed by atoms with E-state index in [4.69, 9.17) is 0 Å². The van der Waals surface area contributed by atoms with Gasteiger partial charge in [-0.3, -0.25) is 4.72 Å². The van der Waals surface area contributed by atoms with E-state index in [1.54, 1.807) is 6.07 Å². The highest BCUT2D eigenvalue weighted by molar-refractivity contribution is 7.92. The molecule has 0 radical (unpaired) electrons. The van der Waals surface area contributed by atoms with Gasteiger partial charge in [-0.15, -0.1) is 0 Å². The predicted octanol–water partition coefficient (Wildman–Crippen LogP) is 2.45. The number of hydrogen-bond donors (Lipinski definition) is 2. The van der Waals surface area contributed by atoms with Crippen LogP contribution in [0.2, 0.25) is 0 Å². The lowest BCUT2D eigenvalue weighted by Gasteiger charge is -2.27. The minimum atomic E-state index is -3.44. The van der Waals surface area contributed by atoms with Crippen LogP contribution in [0.5, 0.6) is 5.75 Å². The largest absolute Gasteiger partial charge is 0.506 e. The SMILES string of the molecule is CCn1cnc(C2CCCc3c2ccc(O)c3NS(C)(=O)=O)c1. The van der Waals surface area contributed by atoms with Gasteiger partial charge in [0.05, 0.1) is 24.0 Å². The van der Waals surface area contributed by atoms with Crippen LogP contribution >= 0.6 is 0 Å². The number of phenols is 1. The topological polar surface area (TPSA) is 84.2 Å². The Morgan fingerprint density at radius 3 is 2.87 bits per heavy atom. The van der Waals surface area contributed by atoms with Crippen molar-refractivity contribution in [2.45, 2.75) is 38.6 Å². The second-order valence-corrected chi connectivity index (χ2v) is 7.72. The summed E-state index contributed by atoms with van der Waals surface area (Å²) in [5, 5.41) is 10.1. The van der Waals surface area contributed by atoms with Crippen LogP contribution in [0.15, 0.2) is 24.7 Å². The van der Waals surface area contributed by atoms with Crippen LogP contribution in [-0.4, -0.2) is 29.3 Å². The van der Waals surface area contributed by atoms with Gasteiger partial charge in [0.1, 0.15) is 5.75 Å². The Kier molecular flexibility index (Phi) is 4.06. The van der Waals surface area contributed by atoms with Crippen molar-refractivity contribution in [1.29, 1.82) is 0 Å².